The maximum atomic E-state index is 12.3. The molecular formula is C18H19NO7S. The van der Waals surface area contributed by atoms with E-state index in [1.165, 1.54) is 38.5 Å². The molecule has 8 nitrogen and oxygen atoms in total. The lowest BCUT2D eigenvalue weighted by Crippen LogP contribution is -2.16. The van der Waals surface area contributed by atoms with Crippen LogP contribution in [0.5, 0.6) is 11.5 Å². The highest BCUT2D eigenvalue weighted by Gasteiger charge is 2.21. The van der Waals surface area contributed by atoms with E-state index in [0.717, 1.165) is 6.26 Å². The van der Waals surface area contributed by atoms with Gasteiger partial charge in [-0.2, -0.15) is 0 Å². The van der Waals surface area contributed by atoms with Crippen molar-refractivity contribution in [2.75, 3.05) is 31.8 Å². The first-order valence-corrected chi connectivity index (χ1v) is 9.63. The SMILES string of the molecule is COc1cccc(OC)c1C(=O)OCC(=O)c1ccc(NS(C)(=O)=O)cc1. The molecular weight excluding hydrogens is 374 g/mol. The molecule has 0 amide bonds. The lowest BCUT2D eigenvalue weighted by atomic mass is 10.1. The molecule has 0 aliphatic heterocycles. The molecule has 0 saturated heterocycles. The highest BCUT2D eigenvalue weighted by atomic mass is 32.2. The molecule has 1 N–H and O–H groups in total. The molecule has 0 fully saturated rings. The van der Waals surface area contributed by atoms with Gasteiger partial charge >= 0.3 is 5.97 Å². The van der Waals surface area contributed by atoms with Crippen molar-refractivity contribution in [1.29, 1.82) is 0 Å². The zero-order valence-electron chi connectivity index (χ0n) is 15.0. The van der Waals surface area contributed by atoms with Crippen LogP contribution >= 0.6 is 0 Å². The first kappa shape index (κ1) is 20.2. The summed E-state index contributed by atoms with van der Waals surface area (Å²) < 4.78 is 40.0. The highest BCUT2D eigenvalue weighted by molar-refractivity contribution is 7.92. The maximum Gasteiger partial charge on any atom is 0.346 e. The zero-order valence-corrected chi connectivity index (χ0v) is 15.8. The van der Waals surface area contributed by atoms with E-state index >= 15 is 0 Å². The maximum absolute atomic E-state index is 12.3. The van der Waals surface area contributed by atoms with E-state index in [-0.39, 0.29) is 22.6 Å². The van der Waals surface area contributed by atoms with Crippen molar-refractivity contribution in [1.82, 2.24) is 0 Å². The summed E-state index contributed by atoms with van der Waals surface area (Å²) in [4.78, 5) is 24.5. The summed E-state index contributed by atoms with van der Waals surface area (Å²) in [6.07, 6.45) is 1.03. The molecule has 0 bridgehead atoms. The molecule has 9 heteroatoms. The van der Waals surface area contributed by atoms with Crippen molar-refractivity contribution in [2.45, 2.75) is 0 Å². The summed E-state index contributed by atoms with van der Waals surface area (Å²) in [6, 6.07) is 10.6. The van der Waals surface area contributed by atoms with Crippen molar-refractivity contribution >= 4 is 27.5 Å². The number of ketones is 1. The van der Waals surface area contributed by atoms with Crippen LogP contribution in [-0.2, 0) is 14.8 Å². The largest absolute Gasteiger partial charge is 0.496 e. The second-order valence-electron chi connectivity index (χ2n) is 5.49. The van der Waals surface area contributed by atoms with Crippen molar-refractivity contribution in [3.05, 3.63) is 53.6 Å². The number of hydrogen-bond acceptors (Lipinski definition) is 7. The molecule has 0 aliphatic rings. The van der Waals surface area contributed by atoms with E-state index in [9.17, 15) is 18.0 Å². The van der Waals surface area contributed by atoms with E-state index in [1.807, 2.05) is 0 Å². The summed E-state index contributed by atoms with van der Waals surface area (Å²) in [6.45, 7) is -0.487. The summed E-state index contributed by atoms with van der Waals surface area (Å²) in [5, 5.41) is 0. The predicted molar refractivity (Wildman–Crippen MR) is 99.1 cm³/mol. The number of nitrogens with one attached hydrogen (secondary N) is 1. The smallest absolute Gasteiger partial charge is 0.346 e. The van der Waals surface area contributed by atoms with Crippen LogP contribution in [-0.4, -0.2) is 47.3 Å². The number of esters is 1. The summed E-state index contributed by atoms with van der Waals surface area (Å²) in [7, 11) is -0.593. The third-order valence-electron chi connectivity index (χ3n) is 3.48. The number of carbonyl (C=O) groups excluding carboxylic acids is 2. The van der Waals surface area contributed by atoms with Crippen molar-refractivity contribution in [3.8, 4) is 11.5 Å². The molecule has 144 valence electrons. The summed E-state index contributed by atoms with van der Waals surface area (Å²) in [5.74, 6) is -0.665. The Morgan fingerprint density at radius 2 is 1.52 bits per heavy atom. The van der Waals surface area contributed by atoms with Crippen LogP contribution in [0.15, 0.2) is 42.5 Å². The van der Waals surface area contributed by atoms with Gasteiger partial charge in [-0.15, -0.1) is 0 Å². The van der Waals surface area contributed by atoms with E-state index in [0.29, 0.717) is 5.69 Å². The van der Waals surface area contributed by atoms with Gasteiger partial charge in [-0.05, 0) is 36.4 Å². The molecule has 0 unspecified atom stereocenters. The van der Waals surface area contributed by atoms with Crippen molar-refractivity contribution in [3.63, 3.8) is 0 Å². The minimum atomic E-state index is -3.40. The first-order valence-electron chi connectivity index (χ1n) is 7.74. The molecule has 2 aromatic rings. The van der Waals surface area contributed by atoms with Gasteiger partial charge in [0.2, 0.25) is 10.0 Å². The average Bonchev–Trinajstić information content (AvgIpc) is 2.64. The Morgan fingerprint density at radius 1 is 0.963 bits per heavy atom. The van der Waals surface area contributed by atoms with Gasteiger partial charge in [-0.1, -0.05) is 6.07 Å². The Kier molecular flexibility index (Phi) is 6.40. The molecule has 0 heterocycles. The van der Waals surface area contributed by atoms with Crippen LogP contribution in [0.2, 0.25) is 0 Å². The molecule has 27 heavy (non-hydrogen) atoms. The Labute approximate surface area is 157 Å². The van der Waals surface area contributed by atoms with E-state index in [1.54, 1.807) is 18.2 Å². The van der Waals surface area contributed by atoms with Gasteiger partial charge in [0.05, 0.1) is 20.5 Å². The van der Waals surface area contributed by atoms with E-state index in [4.69, 9.17) is 14.2 Å². The first-order chi connectivity index (χ1) is 12.7. The van der Waals surface area contributed by atoms with Crippen LogP contribution < -0.4 is 14.2 Å². The zero-order chi connectivity index (χ0) is 20.0. The fraction of sp³-hybridized carbons (Fsp3) is 0.222. The molecule has 0 radical (unpaired) electrons. The number of methoxy groups -OCH3 is 2. The number of rotatable bonds is 8. The lowest BCUT2D eigenvalue weighted by Gasteiger charge is -2.12. The number of hydrogen-bond donors (Lipinski definition) is 1. The summed E-state index contributed by atoms with van der Waals surface area (Å²) in [5.41, 5.74) is 0.682. The Morgan fingerprint density at radius 3 is 2.00 bits per heavy atom. The van der Waals surface area contributed by atoms with Gasteiger partial charge in [0, 0.05) is 11.3 Å². The third kappa shape index (κ3) is 5.45. The van der Waals surface area contributed by atoms with Gasteiger partial charge in [0.25, 0.3) is 0 Å². The number of anilines is 1. The normalized spacial score (nSPS) is 10.8. The second kappa shape index (κ2) is 8.54. The van der Waals surface area contributed by atoms with Crippen LogP contribution in [0.1, 0.15) is 20.7 Å². The molecule has 0 saturated carbocycles. The van der Waals surface area contributed by atoms with Crippen LogP contribution in [0, 0.1) is 0 Å². The van der Waals surface area contributed by atoms with Gasteiger partial charge in [-0.25, -0.2) is 13.2 Å². The lowest BCUT2D eigenvalue weighted by molar-refractivity contribution is 0.0468. The quantitative estimate of drug-likeness (QED) is 0.540. The van der Waals surface area contributed by atoms with E-state index in [2.05, 4.69) is 4.72 Å². The predicted octanol–water partition coefficient (Wildman–Crippen LogP) is 2.12. The number of Topliss-reactive ketones (excluding diaryl/α,β-unsaturated/α-hetero) is 1. The van der Waals surface area contributed by atoms with Gasteiger partial charge in [0.1, 0.15) is 17.1 Å². The number of benzene rings is 2. The summed E-state index contributed by atoms with van der Waals surface area (Å²) >= 11 is 0. The van der Waals surface area contributed by atoms with Gasteiger partial charge < -0.3 is 14.2 Å². The fourth-order valence-electron chi connectivity index (χ4n) is 2.28. The number of sulfonamides is 1. The van der Waals surface area contributed by atoms with Crippen molar-refractivity contribution < 1.29 is 32.2 Å². The average molecular weight is 393 g/mol. The minimum absolute atomic E-state index is 0.0861. The molecule has 0 atom stereocenters. The van der Waals surface area contributed by atoms with Crippen LogP contribution in [0.4, 0.5) is 5.69 Å². The molecule has 2 rings (SSSR count). The topological polar surface area (TPSA) is 108 Å². The van der Waals surface area contributed by atoms with Gasteiger partial charge in [0.15, 0.2) is 12.4 Å². The van der Waals surface area contributed by atoms with Crippen LogP contribution in [0.3, 0.4) is 0 Å². The standard InChI is InChI=1S/C18H19NO7S/c1-24-15-5-4-6-16(25-2)17(15)18(21)26-11-14(20)12-7-9-13(10-8-12)19-27(3,22)23/h4-10,19H,11H2,1-3H3. The molecule has 0 aliphatic carbocycles. The molecule has 0 spiro atoms. The van der Waals surface area contributed by atoms with Crippen LogP contribution in [0.25, 0.3) is 0 Å². The Balaban J connectivity index is 2.06. The fourth-order valence-corrected chi connectivity index (χ4v) is 2.84. The monoisotopic (exact) mass is 393 g/mol. The number of carbonyl (C=O) groups is 2. The highest BCUT2D eigenvalue weighted by Crippen LogP contribution is 2.28. The second-order valence-corrected chi connectivity index (χ2v) is 7.24. The Hall–Kier alpha value is -3.07. The number of ether oxygens (including phenoxy) is 3. The van der Waals surface area contributed by atoms with Crippen molar-refractivity contribution in [2.24, 2.45) is 0 Å². The third-order valence-corrected chi connectivity index (χ3v) is 4.08. The molecule has 2 aromatic carbocycles. The minimum Gasteiger partial charge on any atom is -0.496 e. The Bertz CT molecular complexity index is 914. The van der Waals surface area contributed by atoms with E-state index < -0.39 is 28.4 Å². The van der Waals surface area contributed by atoms with Gasteiger partial charge in [-0.3, -0.25) is 9.52 Å². The molecule has 0 aromatic heterocycles.